The highest BCUT2D eigenvalue weighted by atomic mass is 16.4. The molecule has 4 atom stereocenters. The fourth-order valence-electron chi connectivity index (χ4n) is 2.57. The number of carboxylic acids is 1. The van der Waals surface area contributed by atoms with Gasteiger partial charge >= 0.3 is 5.97 Å². The van der Waals surface area contributed by atoms with Crippen LogP contribution in [-0.2, 0) is 9.59 Å². The Bertz CT molecular complexity index is 381. The fourth-order valence-corrected chi connectivity index (χ4v) is 2.57. The number of carbonyl (C=O) groups excluding carboxylic acids is 1. The van der Waals surface area contributed by atoms with Crippen LogP contribution in [0.3, 0.4) is 0 Å². The summed E-state index contributed by atoms with van der Waals surface area (Å²) in [4.78, 5) is 26.2. The van der Waals surface area contributed by atoms with Crippen molar-refractivity contribution in [3.8, 4) is 0 Å². The van der Waals surface area contributed by atoms with E-state index < -0.39 is 24.0 Å². The van der Waals surface area contributed by atoms with Crippen LogP contribution in [-0.4, -0.2) is 46.7 Å². The van der Waals surface area contributed by atoms with Crippen LogP contribution in [0.5, 0.6) is 0 Å². The van der Waals surface area contributed by atoms with Crippen molar-refractivity contribution >= 4 is 17.8 Å². The van der Waals surface area contributed by atoms with Crippen LogP contribution < -0.4 is 16.8 Å². The lowest BCUT2D eigenvalue weighted by Crippen LogP contribution is -2.44. The summed E-state index contributed by atoms with van der Waals surface area (Å²) in [6.07, 6.45) is 0.621. The van der Waals surface area contributed by atoms with Crippen LogP contribution in [0.4, 0.5) is 0 Å². The number of carboxylic acid groups (broad SMARTS) is 1. The Balaban J connectivity index is 2.89. The van der Waals surface area contributed by atoms with E-state index in [1.54, 1.807) is 0 Å². The van der Waals surface area contributed by atoms with Gasteiger partial charge in [0.15, 0.2) is 5.96 Å². The van der Waals surface area contributed by atoms with E-state index in [-0.39, 0.29) is 24.4 Å². The number of aliphatic hydroxyl groups is 1. The number of rotatable bonds is 5. The fraction of sp³-hybridized carbons (Fsp3) is 0.727. The second kappa shape index (κ2) is 6.37. The van der Waals surface area contributed by atoms with Crippen LogP contribution in [0.15, 0.2) is 4.99 Å². The third kappa shape index (κ3) is 4.09. The largest absolute Gasteiger partial charge is 0.481 e. The number of nitrogens with two attached hydrogens (primary N) is 2. The molecule has 0 aliphatic heterocycles. The van der Waals surface area contributed by atoms with Crippen molar-refractivity contribution in [1.82, 2.24) is 5.32 Å². The molecule has 8 heteroatoms. The molecule has 8 nitrogen and oxygen atoms in total. The van der Waals surface area contributed by atoms with Crippen molar-refractivity contribution in [1.29, 1.82) is 0 Å². The van der Waals surface area contributed by atoms with E-state index >= 15 is 0 Å². The maximum absolute atomic E-state index is 11.1. The summed E-state index contributed by atoms with van der Waals surface area (Å²) >= 11 is 0. The molecule has 2 unspecified atom stereocenters. The molecule has 19 heavy (non-hydrogen) atoms. The minimum Gasteiger partial charge on any atom is -0.481 e. The van der Waals surface area contributed by atoms with Crippen molar-refractivity contribution in [3.63, 3.8) is 0 Å². The molecule has 0 aromatic rings. The molecule has 0 saturated heterocycles. The number of guanidine groups is 1. The Kier molecular flexibility index (Phi) is 5.11. The van der Waals surface area contributed by atoms with Gasteiger partial charge < -0.3 is 27.0 Å². The minimum atomic E-state index is -0.919. The first-order valence-electron chi connectivity index (χ1n) is 6.04. The zero-order valence-corrected chi connectivity index (χ0v) is 10.7. The predicted molar refractivity (Wildman–Crippen MR) is 68.1 cm³/mol. The summed E-state index contributed by atoms with van der Waals surface area (Å²) in [6.45, 7) is 1.05. The average molecular weight is 272 g/mol. The number of nitrogens with zero attached hydrogens (tertiary/aromatic N) is 1. The van der Waals surface area contributed by atoms with Gasteiger partial charge in [0.05, 0.1) is 24.6 Å². The Morgan fingerprint density at radius 3 is 2.47 bits per heavy atom. The second-order valence-electron chi connectivity index (χ2n) is 4.78. The van der Waals surface area contributed by atoms with Crippen LogP contribution in [0, 0.1) is 11.8 Å². The van der Waals surface area contributed by atoms with Crippen LogP contribution in [0.1, 0.15) is 19.8 Å². The standard InChI is InChI=1S/C11H20N4O4/c1-5(17)14-9(4-16)7-2-6(10(18)19)3-8(7)15-11(12)13/h6-9,16H,2-4H2,1H3,(H,14,17)(H,18,19)(H4,12,13,15)/t6?,7-,8-,9?/m0/s1. The van der Waals surface area contributed by atoms with Gasteiger partial charge in [0, 0.05) is 12.8 Å². The molecule has 0 aromatic heterocycles. The van der Waals surface area contributed by atoms with Crippen molar-refractivity contribution in [2.45, 2.75) is 31.8 Å². The zero-order valence-electron chi connectivity index (χ0n) is 10.7. The van der Waals surface area contributed by atoms with Crippen molar-refractivity contribution in [2.24, 2.45) is 28.3 Å². The summed E-state index contributed by atoms with van der Waals surface area (Å²) in [6, 6.07) is -0.954. The lowest BCUT2D eigenvalue weighted by molar-refractivity contribution is -0.141. The Morgan fingerprint density at radius 2 is 2.05 bits per heavy atom. The van der Waals surface area contributed by atoms with Gasteiger partial charge in [-0.05, 0) is 12.8 Å². The number of aliphatic imine (C=N–C) groups is 1. The monoisotopic (exact) mass is 272 g/mol. The SMILES string of the molecule is CC(=O)NC(CO)[C@H]1CC(C(=O)O)C[C@@H]1N=C(N)N. The molecule has 1 aliphatic carbocycles. The summed E-state index contributed by atoms with van der Waals surface area (Å²) in [5, 5.41) is 21.0. The van der Waals surface area contributed by atoms with Crippen LogP contribution in [0.25, 0.3) is 0 Å². The summed E-state index contributed by atoms with van der Waals surface area (Å²) in [5.41, 5.74) is 10.7. The zero-order chi connectivity index (χ0) is 14.6. The lowest BCUT2D eigenvalue weighted by atomic mass is 9.94. The van der Waals surface area contributed by atoms with Gasteiger partial charge in [0.25, 0.3) is 0 Å². The van der Waals surface area contributed by atoms with Gasteiger partial charge in [-0.3, -0.25) is 9.59 Å². The van der Waals surface area contributed by atoms with E-state index in [2.05, 4.69) is 10.3 Å². The molecule has 7 N–H and O–H groups in total. The van der Waals surface area contributed by atoms with Crippen LogP contribution in [0.2, 0.25) is 0 Å². The number of hydrogen-bond donors (Lipinski definition) is 5. The smallest absolute Gasteiger partial charge is 0.306 e. The van der Waals surface area contributed by atoms with Gasteiger partial charge in [-0.1, -0.05) is 0 Å². The minimum absolute atomic E-state index is 0.124. The molecule has 0 aromatic carbocycles. The Labute approximate surface area is 110 Å². The van der Waals surface area contributed by atoms with Gasteiger partial charge in [-0.15, -0.1) is 0 Å². The molecular weight excluding hydrogens is 252 g/mol. The number of amides is 1. The highest BCUT2D eigenvalue weighted by Gasteiger charge is 2.42. The van der Waals surface area contributed by atoms with E-state index in [9.17, 15) is 14.7 Å². The lowest BCUT2D eigenvalue weighted by Gasteiger charge is -2.25. The second-order valence-corrected chi connectivity index (χ2v) is 4.78. The van der Waals surface area contributed by atoms with Gasteiger partial charge in [0.1, 0.15) is 0 Å². The first-order valence-corrected chi connectivity index (χ1v) is 6.04. The van der Waals surface area contributed by atoms with Crippen LogP contribution >= 0.6 is 0 Å². The molecule has 0 radical (unpaired) electrons. The molecule has 108 valence electrons. The number of carbonyl (C=O) groups is 2. The van der Waals surface area contributed by atoms with Gasteiger partial charge in [-0.25, -0.2) is 4.99 Å². The van der Waals surface area contributed by atoms with E-state index in [0.29, 0.717) is 12.8 Å². The maximum atomic E-state index is 11.1. The number of aliphatic hydroxyl groups excluding tert-OH is 1. The molecule has 0 bridgehead atoms. The Morgan fingerprint density at radius 1 is 1.42 bits per heavy atom. The third-order valence-electron chi connectivity index (χ3n) is 3.34. The average Bonchev–Trinajstić information content (AvgIpc) is 2.68. The summed E-state index contributed by atoms with van der Waals surface area (Å²) in [5.74, 6) is -2.20. The van der Waals surface area contributed by atoms with Crippen molar-refractivity contribution in [2.75, 3.05) is 6.61 Å². The van der Waals surface area contributed by atoms with E-state index in [0.717, 1.165) is 0 Å². The molecule has 0 heterocycles. The topological polar surface area (TPSA) is 151 Å². The highest BCUT2D eigenvalue weighted by molar-refractivity contribution is 5.76. The maximum Gasteiger partial charge on any atom is 0.306 e. The normalized spacial score (nSPS) is 27.6. The number of nitrogens with one attached hydrogen (secondary N) is 1. The highest BCUT2D eigenvalue weighted by Crippen LogP contribution is 2.35. The van der Waals surface area contributed by atoms with Crippen molar-refractivity contribution < 1.29 is 19.8 Å². The summed E-state index contributed by atoms with van der Waals surface area (Å²) in [7, 11) is 0. The first-order chi connectivity index (χ1) is 8.85. The third-order valence-corrected chi connectivity index (χ3v) is 3.34. The molecule has 1 rings (SSSR count). The van der Waals surface area contributed by atoms with E-state index in [1.807, 2.05) is 0 Å². The van der Waals surface area contributed by atoms with Gasteiger partial charge in [-0.2, -0.15) is 0 Å². The molecule has 1 aliphatic rings. The van der Waals surface area contributed by atoms with E-state index in [4.69, 9.17) is 16.6 Å². The molecular formula is C11H20N4O4. The number of aliphatic carboxylic acids is 1. The predicted octanol–water partition coefficient (Wildman–Crippen LogP) is -1.76. The number of hydrogen-bond acceptors (Lipinski definition) is 4. The van der Waals surface area contributed by atoms with Crippen molar-refractivity contribution in [3.05, 3.63) is 0 Å². The van der Waals surface area contributed by atoms with E-state index in [1.165, 1.54) is 6.92 Å². The molecule has 1 fully saturated rings. The quantitative estimate of drug-likeness (QED) is 0.295. The molecule has 0 spiro atoms. The first kappa shape index (κ1) is 15.2. The van der Waals surface area contributed by atoms with Gasteiger partial charge in [0.2, 0.25) is 5.91 Å². The molecule has 1 saturated carbocycles. The Hall–Kier alpha value is -1.83. The summed E-state index contributed by atoms with van der Waals surface area (Å²) < 4.78 is 0. The molecule has 1 amide bonds.